The van der Waals surface area contributed by atoms with Gasteiger partial charge in [-0.3, -0.25) is 9.78 Å². The van der Waals surface area contributed by atoms with Gasteiger partial charge in [0.25, 0.3) is 5.56 Å². The lowest BCUT2D eigenvalue weighted by Gasteiger charge is -1.97. The van der Waals surface area contributed by atoms with Crippen LogP contribution < -0.4 is 11.3 Å². The second-order valence-electron chi connectivity index (χ2n) is 3.79. The standard InChI is InChI=1S/C12H8FN3O2/c13-7-3-1-6(2-4-7)8-5-18-11-9(8)10(17)15-12(14)16-11/h1-5H,(H3,14,15,16,17). The number of nitrogen functional groups attached to an aromatic ring is 1. The van der Waals surface area contributed by atoms with Gasteiger partial charge in [0.15, 0.2) is 0 Å². The number of fused-ring (bicyclic) bond motifs is 1. The maximum absolute atomic E-state index is 12.9. The molecule has 0 amide bonds. The Morgan fingerprint density at radius 1 is 1.28 bits per heavy atom. The van der Waals surface area contributed by atoms with E-state index in [1.54, 1.807) is 12.1 Å². The lowest BCUT2D eigenvalue weighted by Crippen LogP contribution is -2.10. The normalized spacial score (nSPS) is 10.9. The van der Waals surface area contributed by atoms with Crippen LogP contribution in [0.1, 0.15) is 0 Å². The van der Waals surface area contributed by atoms with E-state index in [1.165, 1.54) is 18.4 Å². The first kappa shape index (κ1) is 10.5. The van der Waals surface area contributed by atoms with Gasteiger partial charge in [0.1, 0.15) is 17.5 Å². The van der Waals surface area contributed by atoms with Gasteiger partial charge in [-0.15, -0.1) is 0 Å². The number of H-pyrrole nitrogens is 1. The minimum absolute atomic E-state index is 0.00694. The van der Waals surface area contributed by atoms with E-state index < -0.39 is 0 Å². The van der Waals surface area contributed by atoms with Crippen LogP contribution in [0, 0.1) is 5.82 Å². The fourth-order valence-corrected chi connectivity index (χ4v) is 1.81. The molecule has 0 fully saturated rings. The largest absolute Gasteiger partial charge is 0.445 e. The number of aromatic nitrogens is 2. The third kappa shape index (κ3) is 1.55. The first-order chi connectivity index (χ1) is 8.65. The molecule has 0 radical (unpaired) electrons. The molecule has 0 bridgehead atoms. The summed E-state index contributed by atoms with van der Waals surface area (Å²) in [6.07, 6.45) is 1.40. The molecular formula is C12H8FN3O2. The van der Waals surface area contributed by atoms with Crippen molar-refractivity contribution in [1.29, 1.82) is 0 Å². The number of aromatic amines is 1. The highest BCUT2D eigenvalue weighted by molar-refractivity contribution is 5.91. The molecule has 2 aromatic heterocycles. The fourth-order valence-electron chi connectivity index (χ4n) is 1.81. The topological polar surface area (TPSA) is 84.9 Å². The highest BCUT2D eigenvalue weighted by atomic mass is 19.1. The van der Waals surface area contributed by atoms with Gasteiger partial charge in [-0.1, -0.05) is 12.1 Å². The third-order valence-corrected chi connectivity index (χ3v) is 2.62. The number of nitrogens with two attached hydrogens (primary N) is 1. The Kier molecular flexibility index (Phi) is 2.16. The van der Waals surface area contributed by atoms with Crippen molar-refractivity contribution in [3.63, 3.8) is 0 Å². The van der Waals surface area contributed by atoms with Crippen molar-refractivity contribution in [3.05, 3.63) is 46.7 Å². The number of hydrogen-bond acceptors (Lipinski definition) is 4. The summed E-state index contributed by atoms with van der Waals surface area (Å²) in [5, 5.41) is 0.302. The molecule has 3 aromatic rings. The van der Waals surface area contributed by atoms with Crippen molar-refractivity contribution in [1.82, 2.24) is 9.97 Å². The van der Waals surface area contributed by atoms with Crippen LogP contribution in [0.3, 0.4) is 0 Å². The van der Waals surface area contributed by atoms with Gasteiger partial charge >= 0.3 is 0 Å². The van der Waals surface area contributed by atoms with Crippen LogP contribution >= 0.6 is 0 Å². The second kappa shape index (κ2) is 3.69. The maximum Gasteiger partial charge on any atom is 0.264 e. The van der Waals surface area contributed by atoms with Crippen LogP contribution in [0.15, 0.2) is 39.7 Å². The predicted molar refractivity (Wildman–Crippen MR) is 64.4 cm³/mol. The molecule has 1 aromatic carbocycles. The van der Waals surface area contributed by atoms with Gasteiger partial charge in [0.05, 0.1) is 0 Å². The van der Waals surface area contributed by atoms with Crippen molar-refractivity contribution in [2.45, 2.75) is 0 Å². The third-order valence-electron chi connectivity index (χ3n) is 2.62. The van der Waals surface area contributed by atoms with Crippen molar-refractivity contribution >= 4 is 17.0 Å². The number of nitrogens with zero attached hydrogens (tertiary/aromatic N) is 1. The van der Waals surface area contributed by atoms with Crippen molar-refractivity contribution in [2.24, 2.45) is 0 Å². The molecule has 3 rings (SSSR count). The molecular weight excluding hydrogens is 237 g/mol. The van der Waals surface area contributed by atoms with E-state index in [4.69, 9.17) is 10.2 Å². The average molecular weight is 245 g/mol. The summed E-state index contributed by atoms with van der Waals surface area (Å²) in [6, 6.07) is 5.75. The van der Waals surface area contributed by atoms with Crippen LogP contribution in [0.2, 0.25) is 0 Å². The average Bonchev–Trinajstić information content (AvgIpc) is 2.74. The molecule has 2 heterocycles. The summed E-state index contributed by atoms with van der Waals surface area (Å²) >= 11 is 0. The van der Waals surface area contributed by atoms with Gasteiger partial charge in [-0.2, -0.15) is 4.98 Å². The van der Waals surface area contributed by atoms with Crippen LogP contribution in [-0.2, 0) is 0 Å². The molecule has 0 unspecified atom stereocenters. The van der Waals surface area contributed by atoms with Crippen molar-refractivity contribution in [3.8, 4) is 11.1 Å². The summed E-state index contributed by atoms with van der Waals surface area (Å²) in [5.74, 6) is -0.352. The first-order valence-corrected chi connectivity index (χ1v) is 5.18. The lowest BCUT2D eigenvalue weighted by molar-refractivity contribution is 0.603. The summed E-state index contributed by atoms with van der Waals surface area (Å²) in [5.41, 5.74) is 6.42. The first-order valence-electron chi connectivity index (χ1n) is 5.18. The Hall–Kier alpha value is -2.63. The van der Waals surface area contributed by atoms with E-state index in [9.17, 15) is 9.18 Å². The molecule has 0 saturated carbocycles. The van der Waals surface area contributed by atoms with Gasteiger partial charge in [0.2, 0.25) is 11.7 Å². The fraction of sp³-hybridized carbons (Fsp3) is 0. The number of nitrogens with one attached hydrogen (secondary N) is 1. The zero-order valence-electron chi connectivity index (χ0n) is 9.11. The Morgan fingerprint density at radius 2 is 2.00 bits per heavy atom. The molecule has 3 N–H and O–H groups in total. The van der Waals surface area contributed by atoms with Crippen molar-refractivity contribution in [2.75, 3.05) is 5.73 Å². The summed E-state index contributed by atoms with van der Waals surface area (Å²) in [4.78, 5) is 18.1. The Bertz CT molecular complexity index is 774. The smallest absolute Gasteiger partial charge is 0.264 e. The molecule has 90 valence electrons. The Labute approximate surface area is 100 Å². The van der Waals surface area contributed by atoms with Gasteiger partial charge in [-0.05, 0) is 17.7 Å². The molecule has 0 saturated heterocycles. The number of furan rings is 1. The van der Waals surface area contributed by atoms with Crippen LogP contribution in [-0.4, -0.2) is 9.97 Å². The monoisotopic (exact) mass is 245 g/mol. The second-order valence-corrected chi connectivity index (χ2v) is 3.79. The molecule has 0 atom stereocenters. The highest BCUT2D eigenvalue weighted by Crippen LogP contribution is 2.27. The zero-order valence-corrected chi connectivity index (χ0v) is 9.11. The number of hydrogen-bond donors (Lipinski definition) is 2. The van der Waals surface area contributed by atoms with E-state index >= 15 is 0 Å². The summed E-state index contributed by atoms with van der Waals surface area (Å²) in [7, 11) is 0. The molecule has 0 spiro atoms. The molecule has 0 aliphatic rings. The summed E-state index contributed by atoms with van der Waals surface area (Å²) in [6.45, 7) is 0. The predicted octanol–water partition coefficient (Wildman–Crippen LogP) is 1.90. The molecule has 0 aliphatic heterocycles. The van der Waals surface area contributed by atoms with E-state index in [0.29, 0.717) is 16.5 Å². The highest BCUT2D eigenvalue weighted by Gasteiger charge is 2.13. The maximum atomic E-state index is 12.9. The summed E-state index contributed by atoms with van der Waals surface area (Å²) < 4.78 is 18.0. The lowest BCUT2D eigenvalue weighted by atomic mass is 10.1. The van der Waals surface area contributed by atoms with Crippen LogP contribution in [0.4, 0.5) is 10.3 Å². The number of halogens is 1. The molecule has 0 aliphatic carbocycles. The number of benzene rings is 1. The minimum atomic E-state index is -0.384. The van der Waals surface area contributed by atoms with E-state index in [1.807, 2.05) is 0 Å². The quantitative estimate of drug-likeness (QED) is 0.685. The van der Waals surface area contributed by atoms with E-state index in [0.717, 1.165) is 0 Å². The van der Waals surface area contributed by atoms with Gasteiger partial charge in [0, 0.05) is 5.56 Å². The van der Waals surface area contributed by atoms with Crippen LogP contribution in [0.5, 0.6) is 0 Å². The molecule has 6 heteroatoms. The SMILES string of the molecule is Nc1nc2occ(-c3ccc(F)cc3)c2c(=O)[nH]1. The zero-order chi connectivity index (χ0) is 12.7. The Balaban J connectivity index is 2.30. The van der Waals surface area contributed by atoms with Gasteiger partial charge < -0.3 is 10.2 Å². The van der Waals surface area contributed by atoms with E-state index in [-0.39, 0.29) is 23.0 Å². The Morgan fingerprint density at radius 3 is 2.72 bits per heavy atom. The van der Waals surface area contributed by atoms with Crippen molar-refractivity contribution < 1.29 is 8.81 Å². The number of anilines is 1. The van der Waals surface area contributed by atoms with Crippen LogP contribution in [0.25, 0.3) is 22.2 Å². The minimum Gasteiger partial charge on any atom is -0.445 e. The molecule has 18 heavy (non-hydrogen) atoms. The molecule has 5 nitrogen and oxygen atoms in total. The van der Waals surface area contributed by atoms with Gasteiger partial charge in [-0.25, -0.2) is 4.39 Å². The van der Waals surface area contributed by atoms with E-state index in [2.05, 4.69) is 9.97 Å². The number of rotatable bonds is 1.